The maximum atomic E-state index is 4.57. The van der Waals surface area contributed by atoms with Crippen molar-refractivity contribution >= 4 is 110 Å². The molecule has 1 aliphatic rings. The number of nitrogens with zero attached hydrogens (tertiary/aromatic N) is 8. The van der Waals surface area contributed by atoms with E-state index in [-0.39, 0.29) is 7.43 Å². The van der Waals surface area contributed by atoms with E-state index in [0.29, 0.717) is 59.2 Å². The highest BCUT2D eigenvalue weighted by Crippen LogP contribution is 2.35. The molecule has 0 aliphatic carbocycles. The molecule has 8 heteroatoms. The van der Waals surface area contributed by atoms with Gasteiger partial charge in [-0.15, -0.1) is 0 Å². The minimum atomic E-state index is 0. The van der Waals surface area contributed by atoms with Crippen LogP contribution < -0.4 is 0 Å². The van der Waals surface area contributed by atoms with E-state index in [0.717, 1.165) is 45.0 Å². The molecule has 0 radical (unpaired) electrons. The van der Waals surface area contributed by atoms with Gasteiger partial charge in [-0.25, -0.2) is 0 Å². The summed E-state index contributed by atoms with van der Waals surface area (Å²) in [6.45, 7) is 84.1. The zero-order chi connectivity index (χ0) is 112. The molecule has 20 rings (SSSR count). The summed E-state index contributed by atoms with van der Waals surface area (Å²) in [5, 5.41) is 14.1. The van der Waals surface area contributed by atoms with Crippen LogP contribution >= 0.6 is 0 Å². The zero-order valence-electron chi connectivity index (χ0n) is 99.7. The van der Waals surface area contributed by atoms with Gasteiger partial charge in [-0.05, 0) is 221 Å². The SMILES string of the molecule is C.CC.CC.CC.CC.CC.CC.CC.CC.CC.CC.CC(C)c1ccc2ccccc2c1.CC(C)c1ccc2ccccc2n1.CC(C)c1ccc2cccnc2c1.CC(C)c1ccc2ncccc2c1.CC(C)c1cccc2c1N=CC2.CC(C)c1cccc2ccccc12.CC(C)c1cccc2cccnc12.CC(C)c1cccc2ncccc12.CC(C)c1ccnc2ccccc12.CC(C)c1cnc2ccccc2c1. The Morgan fingerprint density at radius 1 is 0.193 bits per heavy atom. The van der Waals surface area contributed by atoms with E-state index >= 15 is 0 Å². The number of rotatable bonds is 10. The molecule has 0 bridgehead atoms. The van der Waals surface area contributed by atoms with Crippen molar-refractivity contribution in [1.29, 1.82) is 0 Å². The summed E-state index contributed by atoms with van der Waals surface area (Å²) in [4.78, 5) is 35.0. The van der Waals surface area contributed by atoms with Crippen molar-refractivity contribution in [3.05, 3.63) is 420 Å². The Kier molecular flexibility index (Phi) is 72.7. The highest BCUT2D eigenvalue weighted by molar-refractivity contribution is 5.89. The second kappa shape index (κ2) is 79.8. The third-order valence-corrected chi connectivity index (χ3v) is 23.2. The fourth-order valence-corrected chi connectivity index (χ4v) is 15.5. The predicted octanol–water partition coefficient (Wildman–Crippen LogP) is 45.4. The summed E-state index contributed by atoms with van der Waals surface area (Å²) in [5.74, 6) is 5.68. The summed E-state index contributed by atoms with van der Waals surface area (Å²) >= 11 is 0. The minimum absolute atomic E-state index is 0. The van der Waals surface area contributed by atoms with Gasteiger partial charge < -0.3 is 0 Å². The fraction of sp³-hybridized carbons (Fsp3) is 0.366. The minimum Gasteiger partial charge on any atom is -0.260 e. The van der Waals surface area contributed by atoms with E-state index in [9.17, 15) is 0 Å². The van der Waals surface area contributed by atoms with Crippen molar-refractivity contribution in [2.24, 2.45) is 4.99 Å². The molecule has 7 aromatic heterocycles. The van der Waals surface area contributed by atoms with Gasteiger partial charge in [0.2, 0.25) is 0 Å². The van der Waals surface area contributed by atoms with Crippen LogP contribution in [0.1, 0.15) is 405 Å². The molecule has 0 saturated carbocycles. The molecule has 19 aromatic rings. The average molecular weight is 2020 g/mol. The van der Waals surface area contributed by atoms with E-state index in [1.807, 2.05) is 243 Å². The Morgan fingerprint density at radius 2 is 0.520 bits per heavy atom. The highest BCUT2D eigenvalue weighted by Gasteiger charge is 2.15. The predicted molar refractivity (Wildman–Crippen MR) is 679 cm³/mol. The topological polar surface area (TPSA) is 103 Å². The number of pyridine rings is 7. The quantitative estimate of drug-likeness (QED) is 0.134. The van der Waals surface area contributed by atoms with Gasteiger partial charge in [0, 0.05) is 93.2 Å². The molecule has 0 spiro atoms. The van der Waals surface area contributed by atoms with Crippen LogP contribution in [0.5, 0.6) is 0 Å². The van der Waals surface area contributed by atoms with Crippen LogP contribution in [0.2, 0.25) is 0 Å². The third-order valence-electron chi connectivity index (χ3n) is 23.2. The molecule has 8 nitrogen and oxygen atoms in total. The highest BCUT2D eigenvalue weighted by atomic mass is 14.8. The number of fused-ring (bicyclic) bond motifs is 10. The summed E-state index contributed by atoms with van der Waals surface area (Å²) in [7, 11) is 0. The van der Waals surface area contributed by atoms with Crippen molar-refractivity contribution in [2.45, 2.75) is 350 Å². The summed E-state index contributed by atoms with van der Waals surface area (Å²) in [6, 6.07) is 112. The maximum Gasteiger partial charge on any atom is 0.0736 e. The van der Waals surface area contributed by atoms with Crippen molar-refractivity contribution in [2.75, 3.05) is 0 Å². The van der Waals surface area contributed by atoms with Crippen LogP contribution in [-0.4, -0.2) is 41.1 Å². The van der Waals surface area contributed by atoms with Crippen molar-refractivity contribution in [3.8, 4) is 0 Å². The van der Waals surface area contributed by atoms with Gasteiger partial charge in [0.15, 0.2) is 0 Å². The standard InChI is InChI=1S/2C13H14.7C12H13N.C11H13N.10C2H6.CH4/c1-10(2)12-9-5-7-11-6-3-4-8-13(11)12;1-10(2)12-8-7-11-5-3-4-6-13(11)9-12;1-9(2)10-5-3-7-12-11(10)6-4-8-13-12;1-9(2)11-7-3-5-10-6-4-8-13-12(10)11;1-9(2)10-5-6-12-11(8-10)4-3-7-13-12;1-9(2)11-6-5-10-4-3-7-13-12(10)8-11;1-9(2)11-7-10-5-3-4-6-12(10)13-8-11;1-9(2)10-7-8-13-12-6-4-3-5-11(10)12;1-9(2)11-8-7-10-5-3-4-6-12(10)13-11;1-8(2)10-5-3-4-9-6-7-12-11(9)10;10*1-2;/h2*3-10H,1-2H3;7*3-9H,1-2H3;3-5,7-8H,6H2,1-2H3;10*1-2H3;1H4. The second-order valence-electron chi connectivity index (χ2n) is 36.2. The molecule has 0 N–H and O–H groups in total. The first-order chi connectivity index (χ1) is 72.3. The van der Waals surface area contributed by atoms with E-state index < -0.39 is 0 Å². The smallest absolute Gasteiger partial charge is 0.0736 e. The molecular formula is C142H196N8. The number of aliphatic imine (C=N–C) groups is 1. The Hall–Kier alpha value is -13.3. The van der Waals surface area contributed by atoms with Crippen LogP contribution in [-0.2, 0) is 6.42 Å². The molecule has 0 fully saturated rings. The van der Waals surface area contributed by atoms with Gasteiger partial charge in [-0.2, -0.15) is 0 Å². The Morgan fingerprint density at radius 3 is 1.06 bits per heavy atom. The Balaban J connectivity index is 0.00000161. The van der Waals surface area contributed by atoms with Gasteiger partial charge in [-0.1, -0.05) is 521 Å². The van der Waals surface area contributed by atoms with Crippen molar-refractivity contribution in [1.82, 2.24) is 34.9 Å². The molecule has 804 valence electrons. The molecule has 12 aromatic carbocycles. The third kappa shape index (κ3) is 45.2. The number of hydrogen-bond acceptors (Lipinski definition) is 8. The van der Waals surface area contributed by atoms with E-state index in [2.05, 4.69) is 439 Å². The molecule has 8 heterocycles. The monoisotopic (exact) mass is 2010 g/mol. The van der Waals surface area contributed by atoms with E-state index in [1.165, 1.54) is 126 Å². The van der Waals surface area contributed by atoms with Crippen LogP contribution in [0.3, 0.4) is 0 Å². The van der Waals surface area contributed by atoms with Crippen molar-refractivity contribution in [3.63, 3.8) is 0 Å². The summed E-state index contributed by atoms with van der Waals surface area (Å²) in [5.41, 5.74) is 23.8. The molecule has 150 heavy (non-hydrogen) atoms. The van der Waals surface area contributed by atoms with Gasteiger partial charge in [0.1, 0.15) is 0 Å². The summed E-state index contributed by atoms with van der Waals surface area (Å²) in [6.07, 6.45) is 14.2. The maximum absolute atomic E-state index is 4.57. The average Bonchev–Trinajstić information content (AvgIpc) is 1.43. The Bertz CT molecular complexity index is 5930. The van der Waals surface area contributed by atoms with Gasteiger partial charge in [0.25, 0.3) is 0 Å². The lowest BCUT2D eigenvalue weighted by molar-refractivity contribution is 0.830. The molecule has 0 saturated heterocycles. The number of benzene rings is 12. The van der Waals surface area contributed by atoms with Crippen LogP contribution in [0.4, 0.5) is 5.69 Å². The van der Waals surface area contributed by atoms with E-state index in [4.69, 9.17) is 0 Å². The second-order valence-corrected chi connectivity index (χ2v) is 36.2. The zero-order valence-corrected chi connectivity index (χ0v) is 99.7. The summed E-state index contributed by atoms with van der Waals surface area (Å²) < 4.78 is 0. The van der Waals surface area contributed by atoms with Crippen LogP contribution in [0, 0.1) is 0 Å². The van der Waals surface area contributed by atoms with E-state index in [1.54, 1.807) is 0 Å². The fourth-order valence-electron chi connectivity index (χ4n) is 15.5. The lowest BCUT2D eigenvalue weighted by atomic mass is 9.96. The van der Waals surface area contributed by atoms with Gasteiger partial charge >= 0.3 is 0 Å². The number of para-hydroxylation sites is 5. The van der Waals surface area contributed by atoms with Gasteiger partial charge in [0.05, 0.1) is 44.3 Å². The van der Waals surface area contributed by atoms with Crippen molar-refractivity contribution < 1.29 is 0 Å². The molecule has 0 amide bonds. The molecular weight excluding hydrogens is 1820 g/mol. The first kappa shape index (κ1) is 137. The van der Waals surface area contributed by atoms with Crippen LogP contribution in [0.25, 0.3) is 97.9 Å². The number of hydrogen-bond donors (Lipinski definition) is 0. The normalized spacial score (nSPS) is 10.1. The first-order valence-corrected chi connectivity index (χ1v) is 56.3. The molecule has 0 unspecified atom stereocenters. The molecule has 1 aliphatic heterocycles. The first-order valence-electron chi connectivity index (χ1n) is 56.3. The van der Waals surface area contributed by atoms with Crippen LogP contribution in [0.15, 0.2) is 364 Å². The van der Waals surface area contributed by atoms with Gasteiger partial charge in [-0.3, -0.25) is 39.9 Å². The largest absolute Gasteiger partial charge is 0.260 e. The molecule has 0 atom stereocenters. The number of aromatic nitrogens is 7. The lowest BCUT2D eigenvalue weighted by Gasteiger charge is -2.08. The lowest BCUT2D eigenvalue weighted by Crippen LogP contribution is -1.91. The Labute approximate surface area is 913 Å².